The fourth-order valence-electron chi connectivity index (χ4n) is 1.99. The Kier molecular flexibility index (Phi) is 4.20. The molecule has 1 aromatic heterocycles. The van der Waals surface area contributed by atoms with Crippen LogP contribution in [0.1, 0.15) is 10.4 Å². The molecule has 6 nitrogen and oxygen atoms in total. The van der Waals surface area contributed by atoms with E-state index in [1.54, 1.807) is 12.1 Å². The van der Waals surface area contributed by atoms with Gasteiger partial charge in [-0.1, -0.05) is 35.6 Å². The molecule has 7 heteroatoms. The molecule has 23 heavy (non-hydrogen) atoms. The minimum absolute atomic E-state index is 0.0142. The van der Waals surface area contributed by atoms with Gasteiger partial charge in [0, 0.05) is 0 Å². The molecule has 0 aliphatic carbocycles. The summed E-state index contributed by atoms with van der Waals surface area (Å²) in [5, 5.41) is 12.2. The average Bonchev–Trinajstić information content (AvgIpc) is 2.95. The number of nitrogens with one attached hydrogen (secondary N) is 1. The molecule has 0 saturated heterocycles. The molecule has 1 heterocycles. The zero-order chi connectivity index (χ0) is 16.2. The molecule has 3 aromatic rings. The maximum Gasteiger partial charge on any atom is 0.339 e. The van der Waals surface area contributed by atoms with Crippen molar-refractivity contribution in [1.29, 1.82) is 0 Å². The van der Waals surface area contributed by atoms with Crippen molar-refractivity contribution in [3.63, 3.8) is 0 Å². The SMILES string of the molecule is O=C(COc1ccccc1C(=O)O)Nc1nc2ccccc2s1. The Hall–Kier alpha value is -2.93. The monoisotopic (exact) mass is 328 g/mol. The van der Waals surface area contributed by atoms with Crippen LogP contribution >= 0.6 is 11.3 Å². The van der Waals surface area contributed by atoms with Gasteiger partial charge < -0.3 is 9.84 Å². The van der Waals surface area contributed by atoms with E-state index in [0.717, 1.165) is 10.2 Å². The summed E-state index contributed by atoms with van der Waals surface area (Å²) in [6.07, 6.45) is 0. The number of hydrogen-bond donors (Lipinski definition) is 2. The number of carboxylic acids is 1. The number of anilines is 1. The van der Waals surface area contributed by atoms with Crippen molar-refractivity contribution in [2.45, 2.75) is 0 Å². The summed E-state index contributed by atoms with van der Waals surface area (Å²) in [5.74, 6) is -1.35. The van der Waals surface area contributed by atoms with Crippen molar-refractivity contribution < 1.29 is 19.4 Å². The fourth-order valence-corrected chi connectivity index (χ4v) is 2.88. The van der Waals surface area contributed by atoms with Gasteiger partial charge in [-0.3, -0.25) is 10.1 Å². The molecule has 3 rings (SSSR count). The summed E-state index contributed by atoms with van der Waals surface area (Å²) in [7, 11) is 0. The maximum absolute atomic E-state index is 11.9. The second kappa shape index (κ2) is 6.45. The first-order valence-corrected chi connectivity index (χ1v) is 7.55. The molecular formula is C16H12N2O4S. The van der Waals surface area contributed by atoms with Crippen LogP contribution in [0.3, 0.4) is 0 Å². The highest BCUT2D eigenvalue weighted by Gasteiger charge is 2.13. The Balaban J connectivity index is 1.65. The molecule has 2 aromatic carbocycles. The van der Waals surface area contributed by atoms with Crippen LogP contribution in [0.4, 0.5) is 5.13 Å². The summed E-state index contributed by atoms with van der Waals surface area (Å²) in [6.45, 7) is -0.291. The van der Waals surface area contributed by atoms with Gasteiger partial charge in [-0.2, -0.15) is 0 Å². The third-order valence-corrected chi connectivity index (χ3v) is 3.97. The molecule has 0 unspecified atom stereocenters. The molecular weight excluding hydrogens is 316 g/mol. The number of rotatable bonds is 5. The first-order valence-electron chi connectivity index (χ1n) is 6.74. The van der Waals surface area contributed by atoms with Gasteiger partial charge in [-0.15, -0.1) is 0 Å². The van der Waals surface area contributed by atoms with Crippen LogP contribution < -0.4 is 10.1 Å². The minimum Gasteiger partial charge on any atom is -0.483 e. The standard InChI is InChI=1S/C16H12N2O4S/c19-14(9-22-12-7-3-1-5-10(12)15(20)21)18-16-17-11-6-2-4-8-13(11)23-16/h1-8H,9H2,(H,20,21)(H,17,18,19). The topological polar surface area (TPSA) is 88.5 Å². The lowest BCUT2D eigenvalue weighted by Crippen LogP contribution is -2.20. The minimum atomic E-state index is -1.10. The number of amides is 1. The number of nitrogens with zero attached hydrogens (tertiary/aromatic N) is 1. The number of fused-ring (bicyclic) bond motifs is 1. The van der Waals surface area contributed by atoms with Crippen molar-refractivity contribution in [3.8, 4) is 5.75 Å². The zero-order valence-corrected chi connectivity index (χ0v) is 12.7. The smallest absolute Gasteiger partial charge is 0.339 e. The second-order valence-electron chi connectivity index (χ2n) is 4.62. The quantitative estimate of drug-likeness (QED) is 0.751. The van der Waals surface area contributed by atoms with Gasteiger partial charge in [-0.25, -0.2) is 9.78 Å². The predicted molar refractivity (Wildman–Crippen MR) is 87.1 cm³/mol. The number of hydrogen-bond acceptors (Lipinski definition) is 5. The number of aromatic carboxylic acids is 1. The van der Waals surface area contributed by atoms with E-state index in [4.69, 9.17) is 9.84 Å². The zero-order valence-electron chi connectivity index (χ0n) is 11.9. The van der Waals surface area contributed by atoms with E-state index in [0.29, 0.717) is 5.13 Å². The number of ether oxygens (including phenoxy) is 1. The number of carbonyl (C=O) groups excluding carboxylic acids is 1. The summed E-state index contributed by atoms with van der Waals surface area (Å²) in [5.41, 5.74) is 0.824. The molecule has 0 bridgehead atoms. The number of aromatic nitrogens is 1. The maximum atomic E-state index is 11.9. The highest BCUT2D eigenvalue weighted by atomic mass is 32.1. The molecule has 0 saturated carbocycles. The Bertz CT molecular complexity index is 842. The average molecular weight is 328 g/mol. The van der Waals surface area contributed by atoms with Gasteiger partial charge in [-0.05, 0) is 24.3 Å². The summed E-state index contributed by atoms with van der Waals surface area (Å²) in [4.78, 5) is 27.3. The highest BCUT2D eigenvalue weighted by Crippen LogP contribution is 2.25. The molecule has 0 atom stereocenters. The Morgan fingerprint density at radius 3 is 2.65 bits per heavy atom. The Morgan fingerprint density at radius 2 is 1.87 bits per heavy atom. The molecule has 0 fully saturated rings. The van der Waals surface area contributed by atoms with Crippen molar-refractivity contribution in [2.75, 3.05) is 11.9 Å². The second-order valence-corrected chi connectivity index (χ2v) is 5.66. The molecule has 116 valence electrons. The number of thiazole rings is 1. The van der Waals surface area contributed by atoms with Crippen LogP contribution in [0, 0.1) is 0 Å². The summed E-state index contributed by atoms with van der Waals surface area (Å²) in [6, 6.07) is 13.7. The van der Waals surface area contributed by atoms with E-state index in [-0.39, 0.29) is 17.9 Å². The molecule has 1 amide bonds. The largest absolute Gasteiger partial charge is 0.483 e. The first kappa shape index (κ1) is 15.0. The third kappa shape index (κ3) is 3.46. The van der Waals surface area contributed by atoms with Gasteiger partial charge in [0.15, 0.2) is 11.7 Å². The van der Waals surface area contributed by atoms with Crippen LogP contribution in [0.25, 0.3) is 10.2 Å². The number of benzene rings is 2. The lowest BCUT2D eigenvalue weighted by Gasteiger charge is -2.08. The van der Waals surface area contributed by atoms with E-state index in [1.165, 1.54) is 23.5 Å². The molecule has 2 N–H and O–H groups in total. The van der Waals surface area contributed by atoms with Gasteiger partial charge in [0.05, 0.1) is 10.2 Å². The van der Waals surface area contributed by atoms with Crippen LogP contribution in [-0.2, 0) is 4.79 Å². The normalized spacial score (nSPS) is 10.4. The fraction of sp³-hybridized carbons (Fsp3) is 0.0625. The van der Waals surface area contributed by atoms with E-state index in [1.807, 2.05) is 24.3 Å². The molecule has 0 spiro atoms. The molecule has 0 aliphatic heterocycles. The van der Waals surface area contributed by atoms with Gasteiger partial charge in [0.2, 0.25) is 0 Å². The predicted octanol–water partition coefficient (Wildman–Crippen LogP) is 3.01. The Labute approximate surface area is 135 Å². The van der Waals surface area contributed by atoms with E-state index in [9.17, 15) is 9.59 Å². The first-order chi connectivity index (χ1) is 11.1. The van der Waals surface area contributed by atoms with Crippen molar-refractivity contribution in [1.82, 2.24) is 4.98 Å². The highest BCUT2D eigenvalue weighted by molar-refractivity contribution is 7.22. The lowest BCUT2D eigenvalue weighted by molar-refractivity contribution is -0.118. The third-order valence-electron chi connectivity index (χ3n) is 3.02. The lowest BCUT2D eigenvalue weighted by atomic mass is 10.2. The number of para-hydroxylation sites is 2. The van der Waals surface area contributed by atoms with E-state index in [2.05, 4.69) is 10.3 Å². The summed E-state index contributed by atoms with van der Waals surface area (Å²) >= 11 is 1.36. The van der Waals surface area contributed by atoms with Gasteiger partial charge in [0.25, 0.3) is 5.91 Å². The van der Waals surface area contributed by atoms with E-state index >= 15 is 0 Å². The van der Waals surface area contributed by atoms with Crippen molar-refractivity contribution >= 4 is 38.6 Å². The molecule has 0 radical (unpaired) electrons. The molecule has 0 aliphatic rings. The van der Waals surface area contributed by atoms with Gasteiger partial charge >= 0.3 is 5.97 Å². The van der Waals surface area contributed by atoms with Crippen LogP contribution in [0.5, 0.6) is 5.75 Å². The number of carboxylic acid groups (broad SMARTS) is 1. The van der Waals surface area contributed by atoms with Gasteiger partial charge in [0.1, 0.15) is 11.3 Å². The number of carbonyl (C=O) groups is 2. The van der Waals surface area contributed by atoms with Crippen molar-refractivity contribution in [2.24, 2.45) is 0 Å². The summed E-state index contributed by atoms with van der Waals surface area (Å²) < 4.78 is 6.26. The van der Waals surface area contributed by atoms with Crippen LogP contribution in [-0.4, -0.2) is 28.6 Å². The van der Waals surface area contributed by atoms with Crippen molar-refractivity contribution in [3.05, 3.63) is 54.1 Å². The van der Waals surface area contributed by atoms with Crippen LogP contribution in [0.15, 0.2) is 48.5 Å². The Morgan fingerprint density at radius 1 is 1.13 bits per heavy atom. The van der Waals surface area contributed by atoms with Crippen LogP contribution in [0.2, 0.25) is 0 Å². The van der Waals surface area contributed by atoms with E-state index < -0.39 is 11.9 Å².